The van der Waals surface area contributed by atoms with Gasteiger partial charge in [0.2, 0.25) is 11.0 Å². The fourth-order valence-corrected chi connectivity index (χ4v) is 3.17. The first-order valence-corrected chi connectivity index (χ1v) is 8.94. The lowest BCUT2D eigenvalue weighted by molar-refractivity contribution is 0.704. The lowest BCUT2D eigenvalue weighted by atomic mass is 10.1. The molecule has 0 saturated carbocycles. The van der Waals surface area contributed by atoms with Crippen molar-refractivity contribution in [3.8, 4) is 0 Å². The molecule has 0 atom stereocenters. The van der Waals surface area contributed by atoms with E-state index in [1.165, 1.54) is 11.8 Å². The molecule has 0 aliphatic carbocycles. The first kappa shape index (κ1) is 17.0. The predicted octanol–water partition coefficient (Wildman–Crippen LogP) is 2.95. The fraction of sp³-hybridized carbons (Fsp3) is 0.167. The molecular formula is C18H19N5OS. The predicted molar refractivity (Wildman–Crippen MR) is 102 cm³/mol. The Kier molecular flexibility index (Phi) is 5.35. The van der Waals surface area contributed by atoms with Crippen molar-refractivity contribution >= 4 is 23.3 Å². The average Bonchev–Trinajstić information content (AvgIpc) is 2.66. The number of nitrogens with two attached hydrogens (primary N) is 1. The molecule has 0 fully saturated rings. The summed E-state index contributed by atoms with van der Waals surface area (Å²) < 4.78 is 1.04. The number of aryl methyl sites for hydroxylation is 1. The summed E-state index contributed by atoms with van der Waals surface area (Å²) in [6, 6.07) is 17.7. The molecule has 3 rings (SSSR count). The van der Waals surface area contributed by atoms with Crippen molar-refractivity contribution in [3.05, 3.63) is 76.1 Å². The van der Waals surface area contributed by atoms with Crippen molar-refractivity contribution < 1.29 is 0 Å². The Bertz CT molecular complexity index is 911. The molecule has 1 heterocycles. The molecule has 0 spiro atoms. The van der Waals surface area contributed by atoms with Crippen LogP contribution in [0.3, 0.4) is 0 Å². The van der Waals surface area contributed by atoms with E-state index >= 15 is 0 Å². The van der Waals surface area contributed by atoms with Crippen molar-refractivity contribution in [1.82, 2.24) is 14.9 Å². The van der Waals surface area contributed by atoms with E-state index in [0.29, 0.717) is 10.9 Å². The van der Waals surface area contributed by atoms with Gasteiger partial charge in [0.05, 0.1) is 0 Å². The average molecular weight is 353 g/mol. The first-order chi connectivity index (χ1) is 12.2. The minimum absolute atomic E-state index is 0.118. The summed E-state index contributed by atoms with van der Waals surface area (Å²) in [4.78, 5) is 12.5. The highest BCUT2D eigenvalue weighted by atomic mass is 32.2. The number of nitrogen functional groups attached to an aromatic ring is 1. The van der Waals surface area contributed by atoms with E-state index in [-0.39, 0.29) is 5.82 Å². The van der Waals surface area contributed by atoms with Gasteiger partial charge in [0.1, 0.15) is 0 Å². The second-order valence-corrected chi connectivity index (χ2v) is 6.36. The van der Waals surface area contributed by atoms with E-state index in [2.05, 4.69) is 22.4 Å². The van der Waals surface area contributed by atoms with Gasteiger partial charge < -0.3 is 11.2 Å². The van der Waals surface area contributed by atoms with Gasteiger partial charge in [0, 0.05) is 11.4 Å². The molecule has 3 N–H and O–H groups in total. The second kappa shape index (κ2) is 7.85. The normalized spacial score (nSPS) is 10.6. The van der Waals surface area contributed by atoms with Crippen molar-refractivity contribution in [2.24, 2.45) is 0 Å². The maximum Gasteiger partial charge on any atom is 0.315 e. The van der Waals surface area contributed by atoms with Crippen LogP contribution in [-0.4, -0.2) is 14.9 Å². The number of para-hydroxylation sites is 1. The Hall–Kier alpha value is -2.80. The van der Waals surface area contributed by atoms with Gasteiger partial charge in [0.15, 0.2) is 0 Å². The molecule has 0 radical (unpaired) electrons. The van der Waals surface area contributed by atoms with Crippen LogP contribution < -0.4 is 16.7 Å². The summed E-state index contributed by atoms with van der Waals surface area (Å²) in [6.07, 6.45) is 0.846. The number of hydrogen-bond donors (Lipinski definition) is 2. The minimum atomic E-state index is -0.406. The zero-order chi connectivity index (χ0) is 17.6. The van der Waals surface area contributed by atoms with Crippen LogP contribution in [-0.2, 0) is 12.2 Å². The van der Waals surface area contributed by atoms with Crippen LogP contribution in [0.5, 0.6) is 0 Å². The van der Waals surface area contributed by atoms with Gasteiger partial charge >= 0.3 is 5.56 Å². The lowest BCUT2D eigenvalue weighted by Crippen LogP contribution is -2.32. The van der Waals surface area contributed by atoms with Crippen LogP contribution in [0.4, 0.5) is 11.5 Å². The molecule has 0 bridgehead atoms. The van der Waals surface area contributed by atoms with Gasteiger partial charge in [0.25, 0.3) is 0 Å². The van der Waals surface area contributed by atoms with Crippen LogP contribution in [0.25, 0.3) is 0 Å². The van der Waals surface area contributed by atoms with Crippen molar-refractivity contribution in [3.63, 3.8) is 0 Å². The molecule has 1 aromatic heterocycles. The van der Waals surface area contributed by atoms with Crippen LogP contribution in [0.1, 0.15) is 18.1 Å². The maximum atomic E-state index is 12.5. The van der Waals surface area contributed by atoms with Gasteiger partial charge in [-0.25, -0.2) is 0 Å². The second-order valence-electron chi connectivity index (χ2n) is 5.42. The zero-order valence-electron chi connectivity index (χ0n) is 13.8. The van der Waals surface area contributed by atoms with Gasteiger partial charge in [-0.1, -0.05) is 67.2 Å². The maximum absolute atomic E-state index is 12.5. The lowest BCUT2D eigenvalue weighted by Gasteiger charge is -2.11. The van der Waals surface area contributed by atoms with Gasteiger partial charge in [-0.05, 0) is 23.6 Å². The molecule has 128 valence electrons. The third-order valence-electron chi connectivity index (χ3n) is 3.73. The Labute approximate surface area is 150 Å². The standard InChI is InChI=1S/C18H19N5OS/c1-2-14-10-6-7-11-15(14)20-16-17(24)23(19)18(22-21-16)25-12-13-8-4-3-5-9-13/h3-11H,2,12,19H2,1H3,(H,20,21). The Balaban J connectivity index is 1.79. The smallest absolute Gasteiger partial charge is 0.315 e. The summed E-state index contributed by atoms with van der Waals surface area (Å²) in [7, 11) is 0. The van der Waals surface area contributed by atoms with E-state index in [1.807, 2.05) is 54.6 Å². The number of benzene rings is 2. The van der Waals surface area contributed by atoms with E-state index in [0.717, 1.165) is 27.9 Å². The summed E-state index contributed by atoms with van der Waals surface area (Å²) in [6.45, 7) is 2.05. The van der Waals surface area contributed by atoms with Gasteiger partial charge in [-0.15, -0.1) is 10.2 Å². The number of nitrogens with one attached hydrogen (secondary N) is 1. The third kappa shape index (κ3) is 4.00. The van der Waals surface area contributed by atoms with Crippen LogP contribution >= 0.6 is 11.8 Å². The number of nitrogens with zero attached hydrogens (tertiary/aromatic N) is 3. The number of anilines is 2. The third-order valence-corrected chi connectivity index (χ3v) is 4.74. The Morgan fingerprint density at radius 1 is 1.08 bits per heavy atom. The van der Waals surface area contributed by atoms with Crippen molar-refractivity contribution in [2.45, 2.75) is 24.3 Å². The molecule has 0 aliphatic rings. The molecule has 0 unspecified atom stereocenters. The molecule has 3 aromatic rings. The molecule has 0 saturated heterocycles. The van der Waals surface area contributed by atoms with E-state index in [1.54, 1.807) is 0 Å². The summed E-state index contributed by atoms with van der Waals surface area (Å²) in [5.74, 6) is 6.69. The Morgan fingerprint density at radius 3 is 2.56 bits per heavy atom. The quantitative estimate of drug-likeness (QED) is 0.523. The number of thioether (sulfide) groups is 1. The van der Waals surface area contributed by atoms with Crippen LogP contribution in [0, 0.1) is 0 Å². The van der Waals surface area contributed by atoms with Gasteiger partial charge in [-0.2, -0.15) is 4.68 Å². The highest BCUT2D eigenvalue weighted by molar-refractivity contribution is 7.98. The number of rotatable bonds is 6. The summed E-state index contributed by atoms with van der Waals surface area (Å²) in [5, 5.41) is 11.5. The molecule has 0 amide bonds. The van der Waals surface area contributed by atoms with Crippen LogP contribution in [0.15, 0.2) is 64.5 Å². The molecule has 7 heteroatoms. The first-order valence-electron chi connectivity index (χ1n) is 7.95. The Morgan fingerprint density at radius 2 is 1.80 bits per heavy atom. The van der Waals surface area contributed by atoms with Crippen molar-refractivity contribution in [2.75, 3.05) is 11.2 Å². The molecule has 6 nitrogen and oxygen atoms in total. The monoisotopic (exact) mass is 353 g/mol. The molecule has 2 aromatic carbocycles. The number of hydrogen-bond acceptors (Lipinski definition) is 6. The van der Waals surface area contributed by atoms with E-state index < -0.39 is 5.56 Å². The highest BCUT2D eigenvalue weighted by Crippen LogP contribution is 2.20. The number of aromatic nitrogens is 3. The summed E-state index contributed by atoms with van der Waals surface area (Å²) in [5.41, 5.74) is 2.65. The van der Waals surface area contributed by atoms with E-state index in [4.69, 9.17) is 5.84 Å². The zero-order valence-corrected chi connectivity index (χ0v) is 14.7. The fourth-order valence-electron chi connectivity index (χ4n) is 2.36. The van der Waals surface area contributed by atoms with Gasteiger partial charge in [-0.3, -0.25) is 4.79 Å². The van der Waals surface area contributed by atoms with Crippen LogP contribution in [0.2, 0.25) is 0 Å². The van der Waals surface area contributed by atoms with Crippen molar-refractivity contribution in [1.29, 1.82) is 0 Å². The largest absolute Gasteiger partial charge is 0.334 e. The molecular weight excluding hydrogens is 334 g/mol. The SMILES string of the molecule is CCc1ccccc1Nc1nnc(SCc2ccccc2)n(N)c1=O. The highest BCUT2D eigenvalue weighted by Gasteiger charge is 2.12. The minimum Gasteiger partial charge on any atom is -0.334 e. The topological polar surface area (TPSA) is 85.8 Å². The molecule has 0 aliphatic heterocycles. The summed E-state index contributed by atoms with van der Waals surface area (Å²) >= 11 is 1.37. The van der Waals surface area contributed by atoms with E-state index in [9.17, 15) is 4.79 Å². The molecule has 25 heavy (non-hydrogen) atoms.